The molecule has 32 heavy (non-hydrogen) atoms. The van der Waals surface area contributed by atoms with Gasteiger partial charge in [-0.05, 0) is 48.9 Å². The van der Waals surface area contributed by atoms with E-state index in [0.717, 1.165) is 16.6 Å². The van der Waals surface area contributed by atoms with Crippen molar-refractivity contribution in [1.29, 1.82) is 0 Å². The number of sulfonamides is 1. The van der Waals surface area contributed by atoms with Crippen LogP contribution in [0.15, 0.2) is 78.1 Å². The second kappa shape index (κ2) is 8.69. The molecule has 0 aliphatic carbocycles. The number of aryl methyl sites for hydroxylation is 1. The first-order chi connectivity index (χ1) is 15.3. The molecule has 0 unspecified atom stereocenters. The monoisotopic (exact) mass is 442 g/mol. The molecule has 7 heteroatoms. The number of aromatic nitrogens is 2. The Bertz CT molecular complexity index is 1450. The first kappa shape index (κ1) is 21.3. The van der Waals surface area contributed by atoms with E-state index in [1.807, 2.05) is 49.3 Å². The Morgan fingerprint density at radius 3 is 2.53 bits per heavy atom. The molecule has 0 fully saturated rings. The van der Waals surface area contributed by atoms with E-state index in [1.54, 1.807) is 49.8 Å². The van der Waals surface area contributed by atoms with Gasteiger partial charge in [0.2, 0.25) is 0 Å². The van der Waals surface area contributed by atoms with Gasteiger partial charge in [-0.2, -0.15) is 0 Å². The Labute approximate surface area is 188 Å². The highest BCUT2D eigenvalue weighted by atomic mass is 32.2. The van der Waals surface area contributed by atoms with Crippen molar-refractivity contribution in [3.05, 3.63) is 89.9 Å². The number of rotatable bonds is 4. The average molecular weight is 443 g/mol. The Morgan fingerprint density at radius 2 is 1.78 bits per heavy atom. The lowest BCUT2D eigenvalue weighted by atomic mass is 10.1. The number of benzene rings is 2. The van der Waals surface area contributed by atoms with Crippen LogP contribution in [-0.2, 0) is 10.0 Å². The van der Waals surface area contributed by atoms with Crippen LogP contribution in [0.4, 0.5) is 11.4 Å². The molecule has 2 aromatic carbocycles. The van der Waals surface area contributed by atoms with Crippen LogP contribution in [-0.4, -0.2) is 32.5 Å². The maximum atomic E-state index is 13.5. The number of nitrogens with one attached hydrogen (secondary N) is 1. The minimum atomic E-state index is -3.92. The van der Waals surface area contributed by atoms with Gasteiger partial charge in [-0.1, -0.05) is 30.0 Å². The molecule has 6 nitrogen and oxygen atoms in total. The summed E-state index contributed by atoms with van der Waals surface area (Å²) < 4.78 is 29.7. The maximum absolute atomic E-state index is 13.5. The third kappa shape index (κ3) is 4.41. The minimum Gasteiger partial charge on any atom is -0.378 e. The van der Waals surface area contributed by atoms with Crippen LogP contribution in [0.3, 0.4) is 0 Å². The fourth-order valence-corrected chi connectivity index (χ4v) is 4.82. The lowest BCUT2D eigenvalue weighted by Gasteiger charge is -2.17. The molecule has 0 saturated carbocycles. The SMILES string of the molecule is Cc1ccc2cccnc2c1S(=O)(=O)Nc1ccc(N(C)C)cc1C#Cc1cccnc1. The second-order valence-electron chi connectivity index (χ2n) is 7.51. The number of anilines is 2. The summed E-state index contributed by atoms with van der Waals surface area (Å²) in [6, 6.07) is 16.4. The number of hydrogen-bond donors (Lipinski definition) is 1. The Kier molecular flexibility index (Phi) is 5.80. The molecule has 0 amide bonds. The molecule has 2 aromatic heterocycles. The van der Waals surface area contributed by atoms with Crippen LogP contribution in [0.2, 0.25) is 0 Å². The van der Waals surface area contributed by atoms with E-state index in [4.69, 9.17) is 0 Å². The van der Waals surface area contributed by atoms with Crippen molar-refractivity contribution in [1.82, 2.24) is 9.97 Å². The van der Waals surface area contributed by atoms with Gasteiger partial charge in [-0.25, -0.2) is 8.42 Å². The van der Waals surface area contributed by atoms with Crippen LogP contribution >= 0.6 is 0 Å². The molecule has 0 radical (unpaired) electrons. The van der Waals surface area contributed by atoms with Gasteiger partial charge in [0.15, 0.2) is 0 Å². The van der Waals surface area contributed by atoms with E-state index < -0.39 is 10.0 Å². The molecule has 0 atom stereocenters. The van der Waals surface area contributed by atoms with Crippen molar-refractivity contribution in [2.24, 2.45) is 0 Å². The van der Waals surface area contributed by atoms with Crippen molar-refractivity contribution in [3.8, 4) is 11.8 Å². The van der Waals surface area contributed by atoms with Crippen LogP contribution in [0.25, 0.3) is 10.9 Å². The van der Waals surface area contributed by atoms with Gasteiger partial charge in [0.05, 0.1) is 16.8 Å². The normalized spacial score (nSPS) is 11.0. The lowest BCUT2D eigenvalue weighted by molar-refractivity contribution is 0.601. The maximum Gasteiger partial charge on any atom is 0.264 e. The summed E-state index contributed by atoms with van der Waals surface area (Å²) in [6.07, 6.45) is 4.94. The molecule has 0 spiro atoms. The van der Waals surface area contributed by atoms with E-state index in [0.29, 0.717) is 22.3 Å². The second-order valence-corrected chi connectivity index (χ2v) is 9.13. The highest BCUT2D eigenvalue weighted by molar-refractivity contribution is 7.93. The molecular formula is C25H22N4O2S. The zero-order chi connectivity index (χ0) is 22.7. The summed E-state index contributed by atoms with van der Waals surface area (Å²) in [4.78, 5) is 10.5. The molecule has 0 bridgehead atoms. The standard InChI is InChI=1S/C25H22N4O2S/c1-18-8-10-20-7-5-15-27-24(20)25(18)32(30,31)28-23-13-12-22(29(2)3)16-21(23)11-9-19-6-4-14-26-17-19/h4-8,10,12-17,28H,1-3H3. The predicted octanol–water partition coefficient (Wildman–Crippen LogP) is 4.20. The Morgan fingerprint density at radius 1 is 0.969 bits per heavy atom. The van der Waals surface area contributed by atoms with Gasteiger partial charge in [0, 0.05) is 49.3 Å². The molecule has 4 rings (SSSR count). The molecule has 4 aromatic rings. The van der Waals surface area contributed by atoms with Gasteiger partial charge < -0.3 is 4.90 Å². The topological polar surface area (TPSA) is 75.2 Å². The van der Waals surface area contributed by atoms with Crippen LogP contribution in [0.5, 0.6) is 0 Å². The van der Waals surface area contributed by atoms with Crippen LogP contribution in [0, 0.1) is 18.8 Å². The number of pyridine rings is 2. The average Bonchev–Trinajstić information content (AvgIpc) is 2.78. The highest BCUT2D eigenvalue weighted by Gasteiger charge is 2.22. The van der Waals surface area contributed by atoms with E-state index in [9.17, 15) is 8.42 Å². The summed E-state index contributed by atoms with van der Waals surface area (Å²) in [5, 5.41) is 0.762. The van der Waals surface area contributed by atoms with E-state index in [-0.39, 0.29) is 4.90 Å². The summed E-state index contributed by atoms with van der Waals surface area (Å²) in [6.45, 7) is 1.76. The van der Waals surface area contributed by atoms with Gasteiger partial charge in [-0.15, -0.1) is 0 Å². The number of hydrogen-bond acceptors (Lipinski definition) is 5. The van der Waals surface area contributed by atoms with E-state index in [1.165, 1.54) is 0 Å². The highest BCUT2D eigenvalue weighted by Crippen LogP contribution is 2.29. The first-order valence-corrected chi connectivity index (χ1v) is 11.4. The zero-order valence-corrected chi connectivity index (χ0v) is 18.8. The lowest BCUT2D eigenvalue weighted by Crippen LogP contribution is -2.16. The first-order valence-electron chi connectivity index (χ1n) is 9.96. The minimum absolute atomic E-state index is 0.165. The Hall–Kier alpha value is -3.89. The molecule has 1 N–H and O–H groups in total. The third-order valence-electron chi connectivity index (χ3n) is 4.96. The molecule has 160 valence electrons. The Balaban J connectivity index is 1.81. The molecule has 0 aliphatic rings. The molecule has 0 saturated heterocycles. The number of fused-ring (bicyclic) bond motifs is 1. The molecule has 0 aliphatic heterocycles. The molecule has 2 heterocycles. The van der Waals surface area contributed by atoms with E-state index in [2.05, 4.69) is 26.5 Å². The van der Waals surface area contributed by atoms with Crippen molar-refractivity contribution in [3.63, 3.8) is 0 Å². The summed E-state index contributed by atoms with van der Waals surface area (Å²) >= 11 is 0. The van der Waals surface area contributed by atoms with E-state index >= 15 is 0 Å². The van der Waals surface area contributed by atoms with Crippen molar-refractivity contribution < 1.29 is 8.42 Å². The van der Waals surface area contributed by atoms with Gasteiger partial charge >= 0.3 is 0 Å². The number of nitrogens with zero attached hydrogens (tertiary/aromatic N) is 3. The largest absolute Gasteiger partial charge is 0.378 e. The van der Waals surface area contributed by atoms with Crippen molar-refractivity contribution in [2.75, 3.05) is 23.7 Å². The fourth-order valence-electron chi connectivity index (χ4n) is 3.33. The van der Waals surface area contributed by atoms with Gasteiger partial charge in [0.1, 0.15) is 4.90 Å². The van der Waals surface area contributed by atoms with Gasteiger partial charge in [-0.3, -0.25) is 14.7 Å². The van der Waals surface area contributed by atoms with Crippen molar-refractivity contribution >= 4 is 32.3 Å². The van der Waals surface area contributed by atoms with Gasteiger partial charge in [0.25, 0.3) is 10.0 Å². The van der Waals surface area contributed by atoms with Crippen LogP contribution in [0.1, 0.15) is 16.7 Å². The zero-order valence-electron chi connectivity index (χ0n) is 18.0. The summed E-state index contributed by atoms with van der Waals surface area (Å²) in [5.41, 5.74) is 3.68. The summed E-state index contributed by atoms with van der Waals surface area (Å²) in [7, 11) is -0.0768. The fraction of sp³-hybridized carbons (Fsp3) is 0.120. The molecular weight excluding hydrogens is 420 g/mol. The summed E-state index contributed by atoms with van der Waals surface area (Å²) in [5.74, 6) is 6.15. The van der Waals surface area contributed by atoms with Crippen LogP contribution < -0.4 is 9.62 Å². The smallest absolute Gasteiger partial charge is 0.264 e. The van der Waals surface area contributed by atoms with Crippen molar-refractivity contribution in [2.45, 2.75) is 11.8 Å². The quantitative estimate of drug-likeness (QED) is 0.480. The predicted molar refractivity (Wildman–Crippen MR) is 128 cm³/mol. The third-order valence-corrected chi connectivity index (χ3v) is 6.50.